The Morgan fingerprint density at radius 2 is 1.88 bits per heavy atom. The molecule has 1 aromatic carbocycles. The van der Waals surface area contributed by atoms with Crippen molar-refractivity contribution in [3.8, 4) is 5.75 Å². The molecule has 0 heterocycles. The maximum Gasteiger partial charge on any atom is 0.133 e. The summed E-state index contributed by atoms with van der Waals surface area (Å²) < 4.78 is 6.12. The van der Waals surface area contributed by atoms with E-state index in [0.717, 1.165) is 15.8 Å². The molecule has 0 aliphatic heterocycles. The number of methoxy groups -OCH3 is 1. The van der Waals surface area contributed by atoms with E-state index < -0.39 is 0 Å². The molecule has 2 N–H and O–H groups in total. The lowest BCUT2D eigenvalue weighted by molar-refractivity contribution is 0.326. The van der Waals surface area contributed by atoms with Crippen molar-refractivity contribution >= 4 is 28.3 Å². The van der Waals surface area contributed by atoms with Crippen LogP contribution in [0.25, 0.3) is 0 Å². The van der Waals surface area contributed by atoms with Crippen LogP contribution in [0.5, 0.6) is 5.75 Å². The van der Waals surface area contributed by atoms with Crippen molar-refractivity contribution < 1.29 is 4.74 Å². The third kappa shape index (κ3) is 3.65. The van der Waals surface area contributed by atoms with Crippen LogP contribution in [0, 0.1) is 5.41 Å². The van der Waals surface area contributed by atoms with Crippen LogP contribution >= 0.6 is 28.3 Å². The molecule has 16 heavy (non-hydrogen) atoms. The fraction of sp³-hybridized carbons (Fsp3) is 0.500. The summed E-state index contributed by atoms with van der Waals surface area (Å²) in [4.78, 5) is 0. The first-order valence-electron chi connectivity index (χ1n) is 4.95. The highest BCUT2D eigenvalue weighted by Gasteiger charge is 2.22. The maximum absolute atomic E-state index is 6.17. The van der Waals surface area contributed by atoms with E-state index in [-0.39, 0.29) is 23.9 Å². The van der Waals surface area contributed by atoms with Crippen molar-refractivity contribution in [2.45, 2.75) is 26.8 Å². The van der Waals surface area contributed by atoms with Gasteiger partial charge in [0.05, 0.1) is 11.6 Å². The third-order valence-electron chi connectivity index (χ3n) is 2.47. The SMILES string of the molecule is COc1ccc([C@@H](N)C(C)(C)C)cc1Br.Cl. The molecule has 1 rings (SSSR count). The summed E-state index contributed by atoms with van der Waals surface area (Å²) in [6.45, 7) is 6.40. The highest BCUT2D eigenvalue weighted by atomic mass is 79.9. The van der Waals surface area contributed by atoms with Crippen molar-refractivity contribution in [3.05, 3.63) is 28.2 Å². The van der Waals surface area contributed by atoms with E-state index in [2.05, 4.69) is 36.7 Å². The quantitative estimate of drug-likeness (QED) is 0.898. The largest absolute Gasteiger partial charge is 0.496 e. The molecule has 0 aliphatic rings. The number of hydrogen-bond donors (Lipinski definition) is 1. The van der Waals surface area contributed by atoms with Crippen LogP contribution in [-0.4, -0.2) is 7.11 Å². The van der Waals surface area contributed by atoms with Crippen molar-refractivity contribution in [1.82, 2.24) is 0 Å². The highest BCUT2D eigenvalue weighted by molar-refractivity contribution is 9.10. The van der Waals surface area contributed by atoms with Crippen molar-refractivity contribution in [2.75, 3.05) is 7.11 Å². The van der Waals surface area contributed by atoms with Gasteiger partial charge < -0.3 is 10.5 Å². The van der Waals surface area contributed by atoms with Gasteiger partial charge in [0.1, 0.15) is 5.75 Å². The minimum Gasteiger partial charge on any atom is -0.496 e. The molecule has 0 unspecified atom stereocenters. The number of ether oxygens (including phenoxy) is 1. The normalized spacial score (nSPS) is 12.9. The molecule has 4 heteroatoms. The molecule has 1 aromatic rings. The predicted octanol–water partition coefficient (Wildman–Crippen LogP) is 3.93. The van der Waals surface area contributed by atoms with Crippen LogP contribution in [0.4, 0.5) is 0 Å². The van der Waals surface area contributed by atoms with Gasteiger partial charge in [0.2, 0.25) is 0 Å². The summed E-state index contributed by atoms with van der Waals surface area (Å²) in [6.07, 6.45) is 0. The Labute approximate surface area is 112 Å². The molecule has 0 aliphatic carbocycles. The first kappa shape index (κ1) is 15.8. The summed E-state index contributed by atoms with van der Waals surface area (Å²) in [5, 5.41) is 0. The van der Waals surface area contributed by atoms with Gasteiger partial charge in [-0.15, -0.1) is 12.4 Å². The zero-order chi connectivity index (χ0) is 11.6. The molecule has 2 nitrogen and oxygen atoms in total. The summed E-state index contributed by atoms with van der Waals surface area (Å²) >= 11 is 3.46. The van der Waals surface area contributed by atoms with Crippen LogP contribution in [0.3, 0.4) is 0 Å². The van der Waals surface area contributed by atoms with E-state index in [1.54, 1.807) is 7.11 Å². The molecule has 0 amide bonds. The first-order chi connectivity index (χ1) is 6.86. The molecule has 0 aromatic heterocycles. The lowest BCUT2D eigenvalue weighted by atomic mass is 9.83. The Morgan fingerprint density at radius 3 is 2.25 bits per heavy atom. The van der Waals surface area contributed by atoms with E-state index in [1.165, 1.54) is 0 Å². The smallest absolute Gasteiger partial charge is 0.133 e. The summed E-state index contributed by atoms with van der Waals surface area (Å²) in [7, 11) is 1.66. The zero-order valence-electron chi connectivity index (χ0n) is 10.1. The first-order valence-corrected chi connectivity index (χ1v) is 5.74. The van der Waals surface area contributed by atoms with Crippen molar-refractivity contribution in [1.29, 1.82) is 0 Å². The fourth-order valence-corrected chi connectivity index (χ4v) is 1.93. The summed E-state index contributed by atoms with van der Waals surface area (Å²) in [5.74, 6) is 0.833. The molecular weight excluding hydrogens is 289 g/mol. The van der Waals surface area contributed by atoms with Gasteiger partial charge in [-0.25, -0.2) is 0 Å². The average Bonchev–Trinajstić information content (AvgIpc) is 2.15. The summed E-state index contributed by atoms with van der Waals surface area (Å²) in [5.41, 5.74) is 7.35. The van der Waals surface area contributed by atoms with Crippen LogP contribution in [0.15, 0.2) is 22.7 Å². The highest BCUT2D eigenvalue weighted by Crippen LogP contribution is 2.34. The summed E-state index contributed by atoms with van der Waals surface area (Å²) in [6, 6.07) is 6.00. The number of rotatable bonds is 2. The van der Waals surface area contributed by atoms with Crippen LogP contribution in [0.2, 0.25) is 0 Å². The Kier molecular flexibility index (Phi) is 5.80. The maximum atomic E-state index is 6.17. The number of nitrogens with two attached hydrogens (primary N) is 1. The van der Waals surface area contributed by atoms with E-state index in [4.69, 9.17) is 10.5 Å². The van der Waals surface area contributed by atoms with Crippen molar-refractivity contribution in [2.24, 2.45) is 11.1 Å². The van der Waals surface area contributed by atoms with Crippen LogP contribution < -0.4 is 10.5 Å². The van der Waals surface area contributed by atoms with Crippen LogP contribution in [0.1, 0.15) is 32.4 Å². The molecule has 0 radical (unpaired) electrons. The molecule has 0 saturated carbocycles. The molecule has 0 saturated heterocycles. The van der Waals surface area contributed by atoms with Crippen LogP contribution in [-0.2, 0) is 0 Å². The number of halogens is 2. The van der Waals surface area contributed by atoms with Gasteiger partial charge in [0.25, 0.3) is 0 Å². The van der Waals surface area contributed by atoms with Gasteiger partial charge in [-0.2, -0.15) is 0 Å². The van der Waals surface area contributed by atoms with Gasteiger partial charge in [-0.1, -0.05) is 26.8 Å². The molecule has 0 fully saturated rings. The standard InChI is InChI=1S/C12H18BrNO.ClH/c1-12(2,3)11(14)8-5-6-10(15-4)9(13)7-8;/h5-7,11H,14H2,1-4H3;1H/t11-;/m1./s1. The second kappa shape index (κ2) is 5.89. The van der Waals surface area contributed by atoms with Gasteiger partial charge in [-0.05, 0) is 39.0 Å². The van der Waals surface area contributed by atoms with Gasteiger partial charge in [0.15, 0.2) is 0 Å². The Morgan fingerprint density at radius 1 is 1.31 bits per heavy atom. The minimum absolute atomic E-state index is 0. The Bertz CT molecular complexity index is 349. The second-order valence-electron chi connectivity index (χ2n) is 4.74. The van der Waals surface area contributed by atoms with E-state index in [9.17, 15) is 0 Å². The van der Waals surface area contributed by atoms with E-state index >= 15 is 0 Å². The van der Waals surface area contributed by atoms with Gasteiger partial charge >= 0.3 is 0 Å². The van der Waals surface area contributed by atoms with Crippen molar-refractivity contribution in [3.63, 3.8) is 0 Å². The zero-order valence-corrected chi connectivity index (χ0v) is 12.5. The van der Waals surface area contributed by atoms with Gasteiger partial charge in [0, 0.05) is 6.04 Å². The second-order valence-corrected chi connectivity index (χ2v) is 5.59. The molecular formula is C12H19BrClNO. The Hall–Kier alpha value is -0.250. The number of hydrogen-bond acceptors (Lipinski definition) is 2. The topological polar surface area (TPSA) is 35.2 Å². The van der Waals surface area contributed by atoms with E-state index in [0.29, 0.717) is 0 Å². The monoisotopic (exact) mass is 307 g/mol. The average molecular weight is 309 g/mol. The van der Waals surface area contributed by atoms with Gasteiger partial charge in [-0.3, -0.25) is 0 Å². The Balaban J connectivity index is 0.00000225. The molecule has 0 bridgehead atoms. The molecule has 0 spiro atoms. The number of benzene rings is 1. The third-order valence-corrected chi connectivity index (χ3v) is 3.09. The lowest BCUT2D eigenvalue weighted by Gasteiger charge is -2.27. The fourth-order valence-electron chi connectivity index (χ4n) is 1.38. The molecule has 92 valence electrons. The molecule has 1 atom stereocenters. The lowest BCUT2D eigenvalue weighted by Crippen LogP contribution is -2.26. The predicted molar refractivity (Wildman–Crippen MR) is 74.3 cm³/mol. The minimum atomic E-state index is 0. The van der Waals surface area contributed by atoms with E-state index in [1.807, 2.05) is 18.2 Å².